The van der Waals surface area contributed by atoms with Crippen LogP contribution in [0.25, 0.3) is 0 Å². The number of allylic oxidation sites excluding steroid dienone is 6. The van der Waals surface area contributed by atoms with E-state index in [2.05, 4.69) is 50.3 Å². The number of carbonyl (C=O) groups is 2. The molecule has 0 bridgehead atoms. The number of rotatable bonds is 53. The van der Waals surface area contributed by atoms with Crippen LogP contribution in [0.1, 0.15) is 277 Å². The molecular formula is C56H106NO8P. The molecule has 0 aliphatic carbocycles. The van der Waals surface area contributed by atoms with Crippen LogP contribution in [0.5, 0.6) is 0 Å². The fraction of sp³-hybridized carbons (Fsp3) is 0.857. The van der Waals surface area contributed by atoms with Crippen LogP contribution in [-0.2, 0) is 32.7 Å². The highest BCUT2D eigenvalue weighted by Crippen LogP contribution is 2.43. The summed E-state index contributed by atoms with van der Waals surface area (Å²) in [6.07, 6.45) is 62.0. The van der Waals surface area contributed by atoms with Crippen LogP contribution in [0.3, 0.4) is 0 Å². The molecule has 0 saturated heterocycles. The molecule has 10 heteroatoms. The lowest BCUT2D eigenvalue weighted by molar-refractivity contribution is -0.161. The van der Waals surface area contributed by atoms with Gasteiger partial charge in [0.05, 0.1) is 13.2 Å². The van der Waals surface area contributed by atoms with Crippen molar-refractivity contribution in [3.63, 3.8) is 0 Å². The molecule has 0 aliphatic heterocycles. The van der Waals surface area contributed by atoms with E-state index in [1.807, 2.05) is 0 Å². The summed E-state index contributed by atoms with van der Waals surface area (Å²) in [5, 5.41) is 0. The Hall–Kier alpha value is -1.77. The highest BCUT2D eigenvalue weighted by atomic mass is 31.2. The summed E-state index contributed by atoms with van der Waals surface area (Å²) < 4.78 is 33.0. The van der Waals surface area contributed by atoms with E-state index in [-0.39, 0.29) is 38.6 Å². The maximum atomic E-state index is 12.7. The number of ether oxygens (including phenoxy) is 2. The topological polar surface area (TPSA) is 134 Å². The second-order valence-electron chi connectivity index (χ2n) is 18.8. The molecule has 0 aromatic carbocycles. The van der Waals surface area contributed by atoms with Crippen molar-refractivity contribution in [1.29, 1.82) is 0 Å². The zero-order valence-corrected chi connectivity index (χ0v) is 44.1. The molecule has 0 aromatic heterocycles. The molecule has 3 N–H and O–H groups in total. The van der Waals surface area contributed by atoms with Crippen molar-refractivity contribution in [2.24, 2.45) is 5.73 Å². The van der Waals surface area contributed by atoms with Crippen molar-refractivity contribution in [3.05, 3.63) is 36.5 Å². The Kier molecular flexibility index (Phi) is 51.2. The first-order valence-electron chi connectivity index (χ1n) is 28.0. The predicted octanol–water partition coefficient (Wildman–Crippen LogP) is 17.2. The van der Waals surface area contributed by atoms with Gasteiger partial charge >= 0.3 is 19.8 Å². The van der Waals surface area contributed by atoms with E-state index >= 15 is 0 Å². The van der Waals surface area contributed by atoms with Crippen molar-refractivity contribution in [2.45, 2.75) is 283 Å². The molecule has 0 radical (unpaired) electrons. The summed E-state index contributed by atoms with van der Waals surface area (Å²) in [5.74, 6) is -0.830. The number of carbonyl (C=O) groups excluding carboxylic acids is 2. The minimum Gasteiger partial charge on any atom is -0.462 e. The van der Waals surface area contributed by atoms with Gasteiger partial charge in [-0.1, -0.05) is 249 Å². The number of phosphoric ester groups is 1. The molecule has 0 aliphatic rings. The molecule has 2 atom stereocenters. The number of hydrogen-bond donors (Lipinski definition) is 2. The van der Waals surface area contributed by atoms with Gasteiger partial charge in [0.2, 0.25) is 0 Å². The Morgan fingerprint density at radius 2 is 0.788 bits per heavy atom. The molecule has 0 aromatic rings. The van der Waals surface area contributed by atoms with Crippen LogP contribution < -0.4 is 5.73 Å². The molecule has 0 heterocycles. The third-order valence-electron chi connectivity index (χ3n) is 12.3. The first-order valence-corrected chi connectivity index (χ1v) is 29.5. The predicted molar refractivity (Wildman–Crippen MR) is 280 cm³/mol. The molecule has 388 valence electrons. The van der Waals surface area contributed by atoms with Gasteiger partial charge < -0.3 is 20.1 Å². The van der Waals surface area contributed by atoms with Crippen LogP contribution in [0.2, 0.25) is 0 Å². The maximum absolute atomic E-state index is 12.7. The number of esters is 2. The molecule has 0 spiro atoms. The Morgan fingerprint density at radius 1 is 0.455 bits per heavy atom. The number of phosphoric acid groups is 1. The van der Waals surface area contributed by atoms with Crippen molar-refractivity contribution in [1.82, 2.24) is 0 Å². The molecule has 0 saturated carbocycles. The maximum Gasteiger partial charge on any atom is 0.472 e. The second-order valence-corrected chi connectivity index (χ2v) is 20.3. The Bertz CT molecular complexity index is 1180. The van der Waals surface area contributed by atoms with Crippen LogP contribution in [0, 0.1) is 0 Å². The SMILES string of the molecule is CCCCC/C=C\C/C=C\C/C=C\CCCCCCCCC(=O)OC(COC(=O)CCCCCCCCCCCCCCCCCCCCCCCCCCCC)COP(=O)(O)OCCN. The van der Waals surface area contributed by atoms with Crippen LogP contribution in [0.4, 0.5) is 0 Å². The van der Waals surface area contributed by atoms with Crippen LogP contribution in [-0.4, -0.2) is 49.3 Å². The van der Waals surface area contributed by atoms with Gasteiger partial charge in [-0.15, -0.1) is 0 Å². The number of unbranched alkanes of at least 4 members (excludes halogenated alkanes) is 34. The average Bonchev–Trinajstić information content (AvgIpc) is 3.31. The molecule has 0 amide bonds. The van der Waals surface area contributed by atoms with Gasteiger partial charge in [0.25, 0.3) is 0 Å². The first kappa shape index (κ1) is 64.2. The summed E-state index contributed by atoms with van der Waals surface area (Å²) in [4.78, 5) is 35.1. The van der Waals surface area contributed by atoms with Crippen molar-refractivity contribution < 1.29 is 37.6 Å². The van der Waals surface area contributed by atoms with Gasteiger partial charge in [-0.3, -0.25) is 18.6 Å². The normalized spacial score (nSPS) is 13.3. The van der Waals surface area contributed by atoms with Gasteiger partial charge in [-0.25, -0.2) is 4.57 Å². The van der Waals surface area contributed by atoms with Gasteiger partial charge in [0.15, 0.2) is 6.10 Å². The third-order valence-corrected chi connectivity index (χ3v) is 13.3. The minimum atomic E-state index is -4.39. The number of hydrogen-bond acceptors (Lipinski definition) is 8. The standard InChI is InChI=1S/C56H106NO8P/c1-3-5-7-9-11-13-15-17-19-21-23-24-25-26-27-28-29-31-32-34-36-38-40-42-44-46-48-55(58)62-52-54(53-64-66(60,61)63-51-50-57)65-56(59)49-47-45-43-41-39-37-35-33-30-22-20-18-16-14-12-10-8-6-4-2/h12,14,18,20,30,33,54H,3-11,13,15-17,19,21-29,31-32,34-53,57H2,1-2H3,(H,60,61)/b14-12-,20-18-,33-30-. The van der Waals surface area contributed by atoms with Crippen LogP contribution >= 0.6 is 7.82 Å². The van der Waals surface area contributed by atoms with E-state index in [0.29, 0.717) is 6.42 Å². The Balaban J connectivity index is 3.96. The highest BCUT2D eigenvalue weighted by Gasteiger charge is 2.26. The highest BCUT2D eigenvalue weighted by molar-refractivity contribution is 7.47. The molecule has 2 unspecified atom stereocenters. The van der Waals surface area contributed by atoms with E-state index in [1.165, 1.54) is 173 Å². The monoisotopic (exact) mass is 952 g/mol. The van der Waals surface area contributed by atoms with Crippen LogP contribution in [0.15, 0.2) is 36.5 Å². The van der Waals surface area contributed by atoms with Gasteiger partial charge in [0, 0.05) is 19.4 Å². The van der Waals surface area contributed by atoms with E-state index in [9.17, 15) is 19.0 Å². The largest absolute Gasteiger partial charge is 0.472 e. The quantitative estimate of drug-likeness (QED) is 0.0264. The van der Waals surface area contributed by atoms with Gasteiger partial charge in [-0.2, -0.15) is 0 Å². The summed E-state index contributed by atoms with van der Waals surface area (Å²) in [6, 6.07) is 0. The van der Waals surface area contributed by atoms with E-state index in [4.69, 9.17) is 24.3 Å². The fourth-order valence-electron chi connectivity index (χ4n) is 8.12. The third kappa shape index (κ3) is 51.6. The average molecular weight is 952 g/mol. The van der Waals surface area contributed by atoms with Crippen molar-refractivity contribution in [3.8, 4) is 0 Å². The molecular weight excluding hydrogens is 846 g/mol. The summed E-state index contributed by atoms with van der Waals surface area (Å²) in [7, 11) is -4.39. The smallest absolute Gasteiger partial charge is 0.462 e. The van der Waals surface area contributed by atoms with Gasteiger partial charge in [-0.05, 0) is 51.4 Å². The van der Waals surface area contributed by atoms with Crippen molar-refractivity contribution >= 4 is 19.8 Å². The number of nitrogens with two attached hydrogens (primary N) is 1. The zero-order chi connectivity index (χ0) is 48.1. The van der Waals surface area contributed by atoms with E-state index in [1.54, 1.807) is 0 Å². The lowest BCUT2D eigenvalue weighted by Crippen LogP contribution is -2.29. The summed E-state index contributed by atoms with van der Waals surface area (Å²) in [5.41, 5.74) is 5.37. The second kappa shape index (κ2) is 52.6. The van der Waals surface area contributed by atoms with E-state index in [0.717, 1.165) is 70.6 Å². The lowest BCUT2D eigenvalue weighted by atomic mass is 10.0. The fourth-order valence-corrected chi connectivity index (χ4v) is 8.88. The first-order chi connectivity index (χ1) is 32.3. The van der Waals surface area contributed by atoms with Gasteiger partial charge in [0.1, 0.15) is 6.61 Å². The molecule has 0 fully saturated rings. The zero-order valence-electron chi connectivity index (χ0n) is 43.2. The van der Waals surface area contributed by atoms with Crippen molar-refractivity contribution in [2.75, 3.05) is 26.4 Å². The summed E-state index contributed by atoms with van der Waals surface area (Å²) in [6.45, 7) is 3.74. The molecule has 0 rings (SSSR count). The lowest BCUT2D eigenvalue weighted by Gasteiger charge is -2.19. The molecule has 66 heavy (non-hydrogen) atoms. The Labute approximate surface area is 407 Å². The van der Waals surface area contributed by atoms with E-state index < -0.39 is 26.5 Å². The summed E-state index contributed by atoms with van der Waals surface area (Å²) >= 11 is 0. The molecule has 9 nitrogen and oxygen atoms in total. The Morgan fingerprint density at radius 3 is 1.20 bits per heavy atom. The minimum absolute atomic E-state index is 0.0518.